The Balaban J connectivity index is 3.17. The molecule has 2 heteroatoms. The molecule has 1 nitrogen and oxygen atoms in total. The van der Waals surface area contributed by atoms with E-state index in [1.165, 1.54) is 5.57 Å². The molecule has 1 aliphatic rings. The van der Waals surface area contributed by atoms with Gasteiger partial charge in [0.2, 0.25) is 0 Å². The molecule has 0 radical (unpaired) electrons. The maximum Gasteiger partial charge on any atom is 0.119 e. The van der Waals surface area contributed by atoms with Crippen molar-refractivity contribution >= 4 is 8.07 Å². The smallest absolute Gasteiger partial charge is 0.119 e. The predicted octanol–water partition coefficient (Wildman–Crippen LogP) is 4.28. The minimum absolute atomic E-state index is 0.0920. The molecule has 15 heavy (non-hydrogen) atoms. The van der Waals surface area contributed by atoms with Crippen LogP contribution in [0, 0.1) is 0 Å². The van der Waals surface area contributed by atoms with Gasteiger partial charge in [-0.3, -0.25) is 0 Å². The molecule has 86 valence electrons. The quantitative estimate of drug-likeness (QED) is 0.502. The van der Waals surface area contributed by atoms with E-state index in [4.69, 9.17) is 4.74 Å². The van der Waals surface area contributed by atoms with Gasteiger partial charge in [0.25, 0.3) is 0 Å². The van der Waals surface area contributed by atoms with Gasteiger partial charge < -0.3 is 4.74 Å². The molecule has 0 spiro atoms. The number of hydrogen-bond acceptors (Lipinski definition) is 1. The molecular weight excluding hydrogens is 200 g/mol. The molecule has 0 aromatic carbocycles. The third kappa shape index (κ3) is 1.69. The fraction of sp³-hybridized carbons (Fsp3) is 0.692. The standard InChI is InChI=1S/C13H24OSi/c1-11(2)13(9-8-10-14-13)15(6,7)12(3,4)5/h8,10H,1,9H2,2-7H3. The van der Waals surface area contributed by atoms with Crippen LogP contribution in [-0.2, 0) is 4.74 Å². The van der Waals surface area contributed by atoms with Crippen molar-refractivity contribution in [2.24, 2.45) is 0 Å². The summed E-state index contributed by atoms with van der Waals surface area (Å²) < 4.78 is 5.97. The van der Waals surface area contributed by atoms with Crippen molar-refractivity contribution in [1.82, 2.24) is 0 Å². The lowest BCUT2D eigenvalue weighted by Gasteiger charge is -2.50. The fourth-order valence-electron chi connectivity index (χ4n) is 2.24. The second kappa shape index (κ2) is 3.51. The second-order valence-corrected chi connectivity index (χ2v) is 11.7. The SMILES string of the molecule is C=C(C)C1([Si](C)(C)C(C)(C)C)CC=CO1. The van der Waals surface area contributed by atoms with E-state index in [0.29, 0.717) is 5.04 Å². The molecule has 0 saturated heterocycles. The molecule has 0 aliphatic carbocycles. The number of rotatable bonds is 2. The van der Waals surface area contributed by atoms with Crippen LogP contribution in [-0.4, -0.2) is 13.3 Å². The topological polar surface area (TPSA) is 9.23 Å². The van der Waals surface area contributed by atoms with Crippen LogP contribution in [0.1, 0.15) is 34.1 Å². The van der Waals surface area contributed by atoms with Crippen LogP contribution < -0.4 is 0 Å². The Morgan fingerprint density at radius 3 is 2.20 bits per heavy atom. The molecule has 1 aliphatic heterocycles. The van der Waals surface area contributed by atoms with Crippen LogP contribution >= 0.6 is 0 Å². The van der Waals surface area contributed by atoms with Gasteiger partial charge in [-0.15, -0.1) is 0 Å². The fourth-order valence-corrected chi connectivity index (χ4v) is 5.51. The Bertz CT molecular complexity index is 286. The van der Waals surface area contributed by atoms with Gasteiger partial charge in [0, 0.05) is 6.42 Å². The zero-order valence-electron chi connectivity index (χ0n) is 11.0. The van der Waals surface area contributed by atoms with Crippen molar-refractivity contribution in [1.29, 1.82) is 0 Å². The summed E-state index contributed by atoms with van der Waals surface area (Å²) in [5, 5.41) is 0.225. The van der Waals surface area contributed by atoms with Crippen LogP contribution in [0.4, 0.5) is 0 Å². The molecule has 0 N–H and O–H groups in total. The summed E-state index contributed by atoms with van der Waals surface area (Å²) in [6.45, 7) is 18.1. The minimum atomic E-state index is -1.57. The lowest BCUT2D eigenvalue weighted by molar-refractivity contribution is 0.145. The Labute approximate surface area is 95.2 Å². The van der Waals surface area contributed by atoms with Gasteiger partial charge in [-0.05, 0) is 23.6 Å². The van der Waals surface area contributed by atoms with E-state index in [2.05, 4.69) is 53.4 Å². The maximum atomic E-state index is 5.97. The average molecular weight is 224 g/mol. The Kier molecular flexibility index (Phi) is 2.94. The Hall–Kier alpha value is -0.503. The lowest BCUT2D eigenvalue weighted by Crippen LogP contribution is -2.60. The van der Waals surface area contributed by atoms with Gasteiger partial charge in [-0.1, -0.05) is 40.4 Å². The van der Waals surface area contributed by atoms with Crippen LogP contribution in [0.5, 0.6) is 0 Å². The highest BCUT2D eigenvalue weighted by atomic mass is 28.3. The molecule has 1 heterocycles. The van der Waals surface area contributed by atoms with Crippen molar-refractivity contribution in [3.63, 3.8) is 0 Å². The highest BCUT2D eigenvalue weighted by molar-refractivity contribution is 6.83. The van der Waals surface area contributed by atoms with Crippen molar-refractivity contribution < 1.29 is 4.74 Å². The van der Waals surface area contributed by atoms with Crippen molar-refractivity contribution in [3.8, 4) is 0 Å². The summed E-state index contributed by atoms with van der Waals surface area (Å²) in [5.74, 6) is 0. The van der Waals surface area contributed by atoms with E-state index in [1.807, 2.05) is 6.26 Å². The first-order valence-corrected chi connectivity index (χ1v) is 8.64. The van der Waals surface area contributed by atoms with Crippen molar-refractivity contribution in [2.75, 3.05) is 0 Å². The van der Waals surface area contributed by atoms with Gasteiger partial charge in [0.15, 0.2) is 0 Å². The number of hydrogen-bond donors (Lipinski definition) is 0. The van der Waals surface area contributed by atoms with E-state index in [0.717, 1.165) is 6.42 Å². The van der Waals surface area contributed by atoms with Gasteiger partial charge >= 0.3 is 0 Å². The molecule has 1 rings (SSSR count). The summed E-state index contributed by atoms with van der Waals surface area (Å²) in [4.78, 5) is 0. The summed E-state index contributed by atoms with van der Waals surface area (Å²) in [6.07, 6.45) is 4.99. The van der Waals surface area contributed by atoms with Crippen molar-refractivity contribution in [2.45, 2.75) is 57.5 Å². The molecule has 0 bridgehead atoms. The van der Waals surface area contributed by atoms with Crippen LogP contribution in [0.2, 0.25) is 18.1 Å². The molecule has 0 saturated carbocycles. The lowest BCUT2D eigenvalue weighted by atomic mass is 10.1. The molecule has 1 unspecified atom stereocenters. The van der Waals surface area contributed by atoms with E-state index in [1.54, 1.807) is 0 Å². The largest absolute Gasteiger partial charge is 0.494 e. The Morgan fingerprint density at radius 1 is 1.40 bits per heavy atom. The highest BCUT2D eigenvalue weighted by Gasteiger charge is 2.55. The third-order valence-corrected chi connectivity index (χ3v) is 10.9. The third-order valence-electron chi connectivity index (χ3n) is 4.34. The maximum absolute atomic E-state index is 5.97. The second-order valence-electron chi connectivity index (χ2n) is 6.18. The van der Waals surface area contributed by atoms with Crippen LogP contribution in [0.3, 0.4) is 0 Å². The minimum Gasteiger partial charge on any atom is -0.494 e. The normalized spacial score (nSPS) is 26.5. The predicted molar refractivity (Wildman–Crippen MR) is 69.6 cm³/mol. The Morgan fingerprint density at radius 2 is 1.93 bits per heavy atom. The monoisotopic (exact) mass is 224 g/mol. The summed E-state index contributed by atoms with van der Waals surface area (Å²) in [7, 11) is -1.57. The molecule has 0 amide bonds. The zero-order valence-corrected chi connectivity index (χ0v) is 12.0. The van der Waals surface area contributed by atoms with Gasteiger partial charge in [-0.25, -0.2) is 0 Å². The van der Waals surface area contributed by atoms with Gasteiger partial charge in [0.1, 0.15) is 13.3 Å². The molecule has 0 fully saturated rings. The first-order chi connectivity index (χ1) is 6.65. The van der Waals surface area contributed by atoms with Gasteiger partial charge in [0.05, 0.1) is 6.26 Å². The summed E-state index contributed by atoms with van der Waals surface area (Å²) in [5.41, 5.74) is 1.18. The molecule has 0 aromatic heterocycles. The van der Waals surface area contributed by atoms with Crippen LogP contribution in [0.15, 0.2) is 24.5 Å². The number of ether oxygens (including phenoxy) is 1. The van der Waals surface area contributed by atoms with E-state index in [9.17, 15) is 0 Å². The zero-order chi connectivity index (χ0) is 11.9. The molecule has 0 aromatic rings. The highest BCUT2D eigenvalue weighted by Crippen LogP contribution is 2.50. The van der Waals surface area contributed by atoms with Gasteiger partial charge in [-0.2, -0.15) is 0 Å². The molecule has 1 atom stereocenters. The van der Waals surface area contributed by atoms with E-state index < -0.39 is 8.07 Å². The van der Waals surface area contributed by atoms with Crippen LogP contribution in [0.25, 0.3) is 0 Å². The van der Waals surface area contributed by atoms with E-state index in [-0.39, 0.29) is 5.22 Å². The summed E-state index contributed by atoms with van der Waals surface area (Å²) in [6, 6.07) is 0. The molecular formula is C13H24OSi. The van der Waals surface area contributed by atoms with E-state index >= 15 is 0 Å². The average Bonchev–Trinajstić information content (AvgIpc) is 2.50. The first kappa shape index (κ1) is 12.6. The van der Waals surface area contributed by atoms with Crippen molar-refractivity contribution in [3.05, 3.63) is 24.5 Å². The summed E-state index contributed by atoms with van der Waals surface area (Å²) >= 11 is 0. The first-order valence-electron chi connectivity index (χ1n) is 5.64.